The normalized spacial score (nSPS) is 15.9. The molecule has 6 heteroatoms. The van der Waals surface area contributed by atoms with Crippen molar-refractivity contribution in [3.63, 3.8) is 0 Å². The Morgan fingerprint density at radius 1 is 1.36 bits per heavy atom. The lowest BCUT2D eigenvalue weighted by molar-refractivity contribution is 0.0984. The number of anilines is 1. The highest BCUT2D eigenvalue weighted by molar-refractivity contribution is 5.92. The van der Waals surface area contributed by atoms with E-state index in [2.05, 4.69) is 15.7 Å². The van der Waals surface area contributed by atoms with E-state index >= 15 is 0 Å². The summed E-state index contributed by atoms with van der Waals surface area (Å²) in [5, 5.41) is 19.5. The van der Waals surface area contributed by atoms with E-state index in [0.717, 1.165) is 30.6 Å². The standard InChI is InChI=1S/C16H20N4O2/c1-12-7-10-20(19-12)14-6-3-2-5-13(14)17-15(22)18-16(11-21)8-4-9-16/h2-3,5-7,10,21H,4,8-9,11H2,1H3,(H2,17,18,22). The van der Waals surface area contributed by atoms with Crippen LogP contribution in [0.15, 0.2) is 36.5 Å². The number of aliphatic hydroxyl groups is 1. The first-order valence-corrected chi connectivity index (χ1v) is 7.44. The van der Waals surface area contributed by atoms with Crippen molar-refractivity contribution in [1.29, 1.82) is 0 Å². The zero-order valence-corrected chi connectivity index (χ0v) is 12.5. The number of para-hydroxylation sites is 2. The van der Waals surface area contributed by atoms with E-state index in [1.165, 1.54) is 0 Å². The van der Waals surface area contributed by atoms with E-state index in [4.69, 9.17) is 0 Å². The number of nitrogens with zero attached hydrogens (tertiary/aromatic N) is 2. The van der Waals surface area contributed by atoms with Gasteiger partial charge in [-0.05, 0) is 44.4 Å². The highest BCUT2D eigenvalue weighted by Gasteiger charge is 2.37. The maximum absolute atomic E-state index is 12.2. The van der Waals surface area contributed by atoms with Crippen molar-refractivity contribution in [3.8, 4) is 5.69 Å². The summed E-state index contributed by atoms with van der Waals surface area (Å²) in [6.07, 6.45) is 4.52. The number of carbonyl (C=O) groups is 1. The van der Waals surface area contributed by atoms with Gasteiger partial charge in [-0.2, -0.15) is 5.10 Å². The lowest BCUT2D eigenvalue weighted by Crippen LogP contribution is -2.57. The van der Waals surface area contributed by atoms with Gasteiger partial charge < -0.3 is 15.7 Å². The number of aliphatic hydroxyl groups excluding tert-OH is 1. The van der Waals surface area contributed by atoms with Gasteiger partial charge in [0.25, 0.3) is 0 Å². The summed E-state index contributed by atoms with van der Waals surface area (Å²) in [5.74, 6) is 0. The zero-order chi connectivity index (χ0) is 15.6. The number of hydrogen-bond donors (Lipinski definition) is 3. The fraction of sp³-hybridized carbons (Fsp3) is 0.375. The molecule has 2 amide bonds. The van der Waals surface area contributed by atoms with Crippen LogP contribution in [0.3, 0.4) is 0 Å². The lowest BCUT2D eigenvalue weighted by Gasteiger charge is -2.40. The van der Waals surface area contributed by atoms with E-state index in [0.29, 0.717) is 5.69 Å². The molecule has 0 radical (unpaired) electrons. The molecular formula is C16H20N4O2. The van der Waals surface area contributed by atoms with Crippen LogP contribution in [-0.2, 0) is 0 Å². The average molecular weight is 300 g/mol. The van der Waals surface area contributed by atoms with Crippen molar-refractivity contribution in [2.24, 2.45) is 0 Å². The van der Waals surface area contributed by atoms with E-state index in [1.807, 2.05) is 43.5 Å². The SMILES string of the molecule is Cc1ccn(-c2ccccc2NC(=O)NC2(CO)CCC2)n1. The Labute approximate surface area is 129 Å². The van der Waals surface area contributed by atoms with Gasteiger partial charge in [0.1, 0.15) is 0 Å². The van der Waals surface area contributed by atoms with Gasteiger partial charge in [-0.25, -0.2) is 9.48 Å². The smallest absolute Gasteiger partial charge is 0.319 e. The molecule has 1 aliphatic carbocycles. The Morgan fingerprint density at radius 3 is 2.73 bits per heavy atom. The number of hydrogen-bond acceptors (Lipinski definition) is 3. The minimum atomic E-state index is -0.457. The fourth-order valence-electron chi connectivity index (χ4n) is 2.65. The number of benzene rings is 1. The number of amides is 2. The van der Waals surface area contributed by atoms with Gasteiger partial charge in [-0.15, -0.1) is 0 Å². The van der Waals surface area contributed by atoms with Crippen molar-refractivity contribution >= 4 is 11.7 Å². The molecule has 3 N–H and O–H groups in total. The minimum absolute atomic E-state index is 0.0274. The zero-order valence-electron chi connectivity index (χ0n) is 12.5. The van der Waals surface area contributed by atoms with Crippen LogP contribution < -0.4 is 10.6 Å². The topological polar surface area (TPSA) is 79.2 Å². The van der Waals surface area contributed by atoms with Crippen LogP contribution in [-0.4, -0.2) is 33.1 Å². The second-order valence-corrected chi connectivity index (χ2v) is 5.79. The van der Waals surface area contributed by atoms with E-state index in [9.17, 15) is 9.90 Å². The number of nitrogens with one attached hydrogen (secondary N) is 2. The van der Waals surface area contributed by atoms with Crippen LogP contribution in [0.5, 0.6) is 0 Å². The maximum Gasteiger partial charge on any atom is 0.319 e. The predicted octanol–water partition coefficient (Wildman–Crippen LogP) is 2.22. The summed E-state index contributed by atoms with van der Waals surface area (Å²) in [5.41, 5.74) is 1.93. The van der Waals surface area contributed by atoms with Crippen molar-refractivity contribution in [1.82, 2.24) is 15.1 Å². The molecule has 0 aliphatic heterocycles. The molecule has 2 aromatic rings. The molecule has 6 nitrogen and oxygen atoms in total. The van der Waals surface area contributed by atoms with E-state index in [1.54, 1.807) is 4.68 Å². The van der Waals surface area contributed by atoms with E-state index in [-0.39, 0.29) is 12.6 Å². The van der Waals surface area contributed by atoms with Crippen LogP contribution >= 0.6 is 0 Å². The summed E-state index contributed by atoms with van der Waals surface area (Å²) in [6.45, 7) is 1.89. The molecule has 1 saturated carbocycles. The largest absolute Gasteiger partial charge is 0.394 e. The van der Waals surface area contributed by atoms with Crippen molar-refractivity contribution in [2.75, 3.05) is 11.9 Å². The Morgan fingerprint density at radius 2 is 2.14 bits per heavy atom. The van der Waals surface area contributed by atoms with Crippen LogP contribution in [0.4, 0.5) is 10.5 Å². The lowest BCUT2D eigenvalue weighted by atomic mass is 9.77. The molecule has 22 heavy (non-hydrogen) atoms. The molecule has 0 unspecified atom stereocenters. The first-order valence-electron chi connectivity index (χ1n) is 7.44. The highest BCUT2D eigenvalue weighted by Crippen LogP contribution is 2.31. The number of aryl methyl sites for hydroxylation is 1. The number of urea groups is 1. The molecule has 0 atom stereocenters. The molecule has 1 aliphatic rings. The van der Waals surface area contributed by atoms with Gasteiger partial charge in [-0.3, -0.25) is 0 Å². The predicted molar refractivity (Wildman–Crippen MR) is 84.1 cm³/mol. The highest BCUT2D eigenvalue weighted by atomic mass is 16.3. The average Bonchev–Trinajstić information content (AvgIpc) is 2.90. The van der Waals surface area contributed by atoms with Gasteiger partial charge in [0.15, 0.2) is 0 Å². The molecule has 1 fully saturated rings. The van der Waals surface area contributed by atoms with Crippen LogP contribution in [0.2, 0.25) is 0 Å². The van der Waals surface area contributed by atoms with Gasteiger partial charge in [0.05, 0.1) is 29.2 Å². The van der Waals surface area contributed by atoms with Crippen LogP contribution in [0.25, 0.3) is 5.69 Å². The summed E-state index contributed by atoms with van der Waals surface area (Å²) < 4.78 is 1.73. The number of aromatic nitrogens is 2. The summed E-state index contributed by atoms with van der Waals surface area (Å²) in [6, 6.07) is 9.10. The Hall–Kier alpha value is -2.34. The quantitative estimate of drug-likeness (QED) is 0.810. The Kier molecular flexibility index (Phi) is 3.85. The summed E-state index contributed by atoms with van der Waals surface area (Å²) in [4.78, 5) is 12.2. The molecule has 116 valence electrons. The molecule has 1 aromatic carbocycles. The maximum atomic E-state index is 12.2. The van der Waals surface area contributed by atoms with Gasteiger partial charge >= 0.3 is 6.03 Å². The van der Waals surface area contributed by atoms with Crippen LogP contribution in [0, 0.1) is 6.92 Å². The van der Waals surface area contributed by atoms with Gasteiger partial charge in [-0.1, -0.05) is 12.1 Å². The summed E-state index contributed by atoms with van der Waals surface area (Å²) >= 11 is 0. The molecule has 3 rings (SSSR count). The third kappa shape index (κ3) is 2.82. The molecule has 1 heterocycles. The van der Waals surface area contributed by atoms with Crippen molar-refractivity contribution < 1.29 is 9.90 Å². The Balaban J connectivity index is 1.76. The first kappa shape index (κ1) is 14.6. The van der Waals surface area contributed by atoms with Crippen molar-refractivity contribution in [3.05, 3.63) is 42.2 Å². The molecule has 0 spiro atoms. The van der Waals surface area contributed by atoms with Crippen molar-refractivity contribution in [2.45, 2.75) is 31.7 Å². The fourth-order valence-corrected chi connectivity index (χ4v) is 2.65. The van der Waals surface area contributed by atoms with Gasteiger partial charge in [0.2, 0.25) is 0 Å². The Bertz CT molecular complexity index is 671. The minimum Gasteiger partial charge on any atom is -0.394 e. The third-order valence-corrected chi connectivity index (χ3v) is 4.11. The first-order chi connectivity index (χ1) is 10.6. The summed E-state index contributed by atoms with van der Waals surface area (Å²) in [7, 11) is 0. The molecular weight excluding hydrogens is 280 g/mol. The second-order valence-electron chi connectivity index (χ2n) is 5.79. The molecule has 0 bridgehead atoms. The van der Waals surface area contributed by atoms with Crippen LogP contribution in [0.1, 0.15) is 25.0 Å². The molecule has 0 saturated heterocycles. The van der Waals surface area contributed by atoms with E-state index < -0.39 is 5.54 Å². The van der Waals surface area contributed by atoms with Gasteiger partial charge in [0, 0.05) is 6.20 Å². The third-order valence-electron chi connectivity index (χ3n) is 4.11. The second kappa shape index (κ2) is 5.81. The number of carbonyl (C=O) groups excluding carboxylic acids is 1. The monoisotopic (exact) mass is 300 g/mol. The number of rotatable bonds is 4. The molecule has 1 aromatic heterocycles.